The highest BCUT2D eigenvalue weighted by Crippen LogP contribution is 2.53. The lowest BCUT2D eigenvalue weighted by Gasteiger charge is -2.15. The van der Waals surface area contributed by atoms with Crippen molar-refractivity contribution in [1.29, 1.82) is 0 Å². The molecule has 0 amide bonds. The first-order chi connectivity index (χ1) is 5.72. The number of aliphatic carboxylic acids is 1. The molecular formula is C9H15NO2. The summed E-state index contributed by atoms with van der Waals surface area (Å²) in [6.45, 7) is 5.56. The first-order valence-corrected chi connectivity index (χ1v) is 4.66. The van der Waals surface area contributed by atoms with Crippen molar-refractivity contribution in [2.24, 2.45) is 17.8 Å². The van der Waals surface area contributed by atoms with Crippen molar-refractivity contribution in [2.45, 2.75) is 13.3 Å². The summed E-state index contributed by atoms with van der Waals surface area (Å²) in [5, 5.41) is 8.59. The van der Waals surface area contributed by atoms with E-state index in [4.69, 9.17) is 5.11 Å². The summed E-state index contributed by atoms with van der Waals surface area (Å²) in [4.78, 5) is 12.8. The molecule has 0 aromatic rings. The topological polar surface area (TPSA) is 40.5 Å². The van der Waals surface area contributed by atoms with E-state index in [2.05, 4.69) is 11.8 Å². The minimum absolute atomic E-state index is 0.396. The SMILES string of the molecule is CCN1CC2C(CC(=O)O)C2C1. The van der Waals surface area contributed by atoms with Gasteiger partial charge >= 0.3 is 5.97 Å². The van der Waals surface area contributed by atoms with Crippen molar-refractivity contribution < 1.29 is 9.90 Å². The summed E-state index contributed by atoms with van der Waals surface area (Å²) >= 11 is 0. The maximum Gasteiger partial charge on any atom is 0.303 e. The number of fused-ring (bicyclic) bond motifs is 1. The molecule has 2 aliphatic rings. The van der Waals surface area contributed by atoms with Gasteiger partial charge in [0.2, 0.25) is 0 Å². The Morgan fingerprint density at radius 2 is 2.08 bits per heavy atom. The second-order valence-electron chi connectivity index (χ2n) is 3.94. The first-order valence-electron chi connectivity index (χ1n) is 4.66. The average Bonchev–Trinajstić information content (AvgIpc) is 2.47. The van der Waals surface area contributed by atoms with Crippen LogP contribution in [0.5, 0.6) is 0 Å². The number of carboxylic acids is 1. The number of likely N-dealkylation sites (tertiary alicyclic amines) is 1. The summed E-state index contributed by atoms with van der Waals surface area (Å²) in [6, 6.07) is 0. The van der Waals surface area contributed by atoms with Gasteiger partial charge in [-0.2, -0.15) is 0 Å². The van der Waals surface area contributed by atoms with E-state index in [1.807, 2.05) is 0 Å². The third-order valence-electron chi connectivity index (χ3n) is 3.30. The lowest BCUT2D eigenvalue weighted by atomic mass is 10.2. The number of carboxylic acid groups (broad SMARTS) is 1. The predicted molar refractivity (Wildman–Crippen MR) is 44.8 cm³/mol. The maximum atomic E-state index is 10.4. The molecule has 12 heavy (non-hydrogen) atoms. The fourth-order valence-electron chi connectivity index (χ4n) is 2.50. The van der Waals surface area contributed by atoms with Crippen LogP contribution >= 0.6 is 0 Å². The zero-order chi connectivity index (χ0) is 8.72. The van der Waals surface area contributed by atoms with Crippen LogP contribution in [0.3, 0.4) is 0 Å². The van der Waals surface area contributed by atoms with Gasteiger partial charge in [0.15, 0.2) is 0 Å². The zero-order valence-corrected chi connectivity index (χ0v) is 7.36. The van der Waals surface area contributed by atoms with Gasteiger partial charge in [-0.15, -0.1) is 0 Å². The molecule has 0 spiro atoms. The van der Waals surface area contributed by atoms with E-state index in [1.165, 1.54) is 0 Å². The number of nitrogens with zero attached hydrogens (tertiary/aromatic N) is 1. The Balaban J connectivity index is 1.79. The minimum Gasteiger partial charge on any atom is -0.481 e. The second kappa shape index (κ2) is 2.73. The summed E-state index contributed by atoms with van der Waals surface area (Å²) in [5.74, 6) is 1.30. The molecule has 0 bridgehead atoms. The van der Waals surface area contributed by atoms with Gasteiger partial charge in [-0.05, 0) is 24.3 Å². The largest absolute Gasteiger partial charge is 0.481 e. The van der Waals surface area contributed by atoms with Crippen LogP contribution in [0.4, 0.5) is 0 Å². The van der Waals surface area contributed by atoms with E-state index >= 15 is 0 Å². The number of carbonyl (C=O) groups is 1. The quantitative estimate of drug-likeness (QED) is 0.674. The Morgan fingerprint density at radius 1 is 1.50 bits per heavy atom. The van der Waals surface area contributed by atoms with Gasteiger partial charge in [0.1, 0.15) is 0 Å². The molecular weight excluding hydrogens is 154 g/mol. The molecule has 2 fully saturated rings. The lowest BCUT2D eigenvalue weighted by Crippen LogP contribution is -2.24. The molecule has 3 heteroatoms. The molecule has 1 saturated heterocycles. The number of piperidine rings is 1. The molecule has 1 heterocycles. The molecule has 0 aromatic carbocycles. The zero-order valence-electron chi connectivity index (χ0n) is 7.36. The third kappa shape index (κ3) is 1.22. The third-order valence-corrected chi connectivity index (χ3v) is 3.30. The smallest absolute Gasteiger partial charge is 0.303 e. The Bertz CT molecular complexity index is 193. The summed E-state index contributed by atoms with van der Waals surface area (Å²) in [6.07, 6.45) is 0.396. The second-order valence-corrected chi connectivity index (χ2v) is 3.94. The summed E-state index contributed by atoms with van der Waals surface area (Å²) < 4.78 is 0. The van der Waals surface area contributed by atoms with Gasteiger partial charge in [0, 0.05) is 19.5 Å². The monoisotopic (exact) mass is 169 g/mol. The van der Waals surface area contributed by atoms with E-state index in [-0.39, 0.29) is 0 Å². The molecule has 0 aromatic heterocycles. The van der Waals surface area contributed by atoms with Gasteiger partial charge in [0.25, 0.3) is 0 Å². The van der Waals surface area contributed by atoms with Gasteiger partial charge in [-0.3, -0.25) is 4.79 Å². The van der Waals surface area contributed by atoms with Crippen LogP contribution < -0.4 is 0 Å². The van der Waals surface area contributed by atoms with E-state index in [1.54, 1.807) is 0 Å². The van der Waals surface area contributed by atoms with Crippen molar-refractivity contribution >= 4 is 5.97 Å². The Labute approximate surface area is 72.4 Å². The summed E-state index contributed by atoms with van der Waals surface area (Å²) in [5.41, 5.74) is 0. The predicted octanol–water partition coefficient (Wildman–Crippen LogP) is 0.659. The Kier molecular flexibility index (Phi) is 1.83. The molecule has 2 rings (SSSR count). The Hall–Kier alpha value is -0.570. The Morgan fingerprint density at radius 3 is 2.50 bits per heavy atom. The van der Waals surface area contributed by atoms with Crippen LogP contribution in [-0.4, -0.2) is 35.6 Å². The van der Waals surface area contributed by atoms with Crippen molar-refractivity contribution in [2.75, 3.05) is 19.6 Å². The van der Waals surface area contributed by atoms with Crippen molar-refractivity contribution in [3.63, 3.8) is 0 Å². The molecule has 3 nitrogen and oxygen atoms in total. The number of rotatable bonds is 3. The molecule has 1 saturated carbocycles. The van der Waals surface area contributed by atoms with Crippen molar-refractivity contribution in [3.8, 4) is 0 Å². The van der Waals surface area contributed by atoms with Crippen LogP contribution in [0.1, 0.15) is 13.3 Å². The van der Waals surface area contributed by atoms with Gasteiger partial charge in [-0.1, -0.05) is 6.92 Å². The van der Waals surface area contributed by atoms with E-state index in [0.717, 1.165) is 19.6 Å². The van der Waals surface area contributed by atoms with Crippen LogP contribution in [0, 0.1) is 17.8 Å². The van der Waals surface area contributed by atoms with Crippen LogP contribution in [0.25, 0.3) is 0 Å². The molecule has 2 unspecified atom stereocenters. The van der Waals surface area contributed by atoms with Gasteiger partial charge < -0.3 is 10.0 Å². The molecule has 1 N–H and O–H groups in total. The fourth-order valence-corrected chi connectivity index (χ4v) is 2.50. The van der Waals surface area contributed by atoms with Crippen molar-refractivity contribution in [1.82, 2.24) is 4.90 Å². The lowest BCUT2D eigenvalue weighted by molar-refractivity contribution is -0.137. The normalized spacial score (nSPS) is 39.6. The highest BCUT2D eigenvalue weighted by atomic mass is 16.4. The molecule has 0 radical (unpaired) electrons. The molecule has 1 aliphatic heterocycles. The highest BCUT2D eigenvalue weighted by molar-refractivity contribution is 5.67. The van der Waals surface area contributed by atoms with Crippen LogP contribution in [-0.2, 0) is 4.79 Å². The molecule has 1 aliphatic carbocycles. The standard InChI is InChI=1S/C9H15NO2/c1-2-10-4-7-6(3-9(11)12)8(7)5-10/h6-8H,2-5H2,1H3,(H,11,12). The molecule has 68 valence electrons. The van der Waals surface area contributed by atoms with Crippen LogP contribution in [0.2, 0.25) is 0 Å². The summed E-state index contributed by atoms with van der Waals surface area (Å²) in [7, 11) is 0. The first kappa shape index (κ1) is 8.05. The number of hydrogen-bond donors (Lipinski definition) is 1. The number of hydrogen-bond acceptors (Lipinski definition) is 2. The van der Waals surface area contributed by atoms with E-state index in [0.29, 0.717) is 24.2 Å². The van der Waals surface area contributed by atoms with Crippen molar-refractivity contribution in [3.05, 3.63) is 0 Å². The minimum atomic E-state index is -0.627. The average molecular weight is 169 g/mol. The van der Waals surface area contributed by atoms with E-state index < -0.39 is 5.97 Å². The van der Waals surface area contributed by atoms with Gasteiger partial charge in [-0.25, -0.2) is 0 Å². The fraction of sp³-hybridized carbons (Fsp3) is 0.889. The highest BCUT2D eigenvalue weighted by Gasteiger charge is 2.55. The molecule has 2 atom stereocenters. The maximum absolute atomic E-state index is 10.4. The van der Waals surface area contributed by atoms with Gasteiger partial charge in [0.05, 0.1) is 0 Å². The van der Waals surface area contributed by atoms with E-state index in [9.17, 15) is 4.79 Å². The van der Waals surface area contributed by atoms with Crippen LogP contribution in [0.15, 0.2) is 0 Å².